The molecule has 3 nitrogen and oxygen atoms in total. The first-order valence-electron chi connectivity index (χ1n) is 3.31. The second kappa shape index (κ2) is 2.47. The van der Waals surface area contributed by atoms with E-state index < -0.39 is 0 Å². The monoisotopic (exact) mass is 210 g/mol. The van der Waals surface area contributed by atoms with E-state index in [-0.39, 0.29) is 18.5 Å². The van der Waals surface area contributed by atoms with E-state index in [0.29, 0.717) is 19.8 Å². The summed E-state index contributed by atoms with van der Waals surface area (Å²) in [7, 11) is 1.63. The van der Waals surface area contributed by atoms with Crippen LogP contribution in [0.15, 0.2) is 0 Å². The molecular formula is C6H10O3Se. The van der Waals surface area contributed by atoms with Gasteiger partial charge in [-0.05, 0) is 0 Å². The van der Waals surface area contributed by atoms with Gasteiger partial charge in [0.15, 0.2) is 0 Å². The van der Waals surface area contributed by atoms with Crippen molar-refractivity contribution >= 4 is 15.0 Å². The number of ether oxygens (including phenoxy) is 2. The van der Waals surface area contributed by atoms with E-state index in [1.807, 2.05) is 0 Å². The van der Waals surface area contributed by atoms with Gasteiger partial charge >= 0.3 is 65.3 Å². The quantitative estimate of drug-likeness (QED) is 0.599. The van der Waals surface area contributed by atoms with Gasteiger partial charge in [-0.3, -0.25) is 0 Å². The van der Waals surface area contributed by atoms with E-state index in [4.69, 9.17) is 9.47 Å². The van der Waals surface area contributed by atoms with Crippen molar-refractivity contribution in [1.82, 2.24) is 0 Å². The van der Waals surface area contributed by atoms with E-state index in [9.17, 15) is 5.11 Å². The summed E-state index contributed by atoms with van der Waals surface area (Å²) < 4.78 is 10.4. The molecule has 0 saturated carbocycles. The van der Waals surface area contributed by atoms with E-state index in [2.05, 4.69) is 0 Å². The molecule has 2 saturated heterocycles. The predicted molar refractivity (Wildman–Crippen MR) is 36.0 cm³/mol. The summed E-state index contributed by atoms with van der Waals surface area (Å²) >= 11 is 0.531. The van der Waals surface area contributed by atoms with Crippen LogP contribution in [-0.2, 0) is 9.47 Å². The van der Waals surface area contributed by atoms with Gasteiger partial charge in [-0.1, -0.05) is 0 Å². The molecule has 0 spiro atoms. The van der Waals surface area contributed by atoms with E-state index >= 15 is 0 Å². The Kier molecular flexibility index (Phi) is 1.74. The Balaban J connectivity index is 2.08. The number of hydrogen-bond acceptors (Lipinski definition) is 3. The number of rotatable bonds is 1. The molecule has 0 aliphatic carbocycles. The molecule has 1 N–H and O–H groups in total. The minimum atomic E-state index is -0.245. The van der Waals surface area contributed by atoms with Crippen LogP contribution in [0.2, 0.25) is 10.1 Å². The van der Waals surface area contributed by atoms with Crippen LogP contribution >= 0.6 is 0 Å². The SMILES string of the molecule is CO[C@H]1O[C@@H]2C[Se][C@H]1[C@@H]2O. The first kappa shape index (κ1) is 7.07. The average molecular weight is 209 g/mol. The topological polar surface area (TPSA) is 38.7 Å². The fourth-order valence-corrected chi connectivity index (χ4v) is 4.33. The Morgan fingerprint density at radius 1 is 1.70 bits per heavy atom. The Morgan fingerprint density at radius 2 is 2.50 bits per heavy atom. The summed E-state index contributed by atoms with van der Waals surface area (Å²) in [4.78, 5) is 0.294. The van der Waals surface area contributed by atoms with Gasteiger partial charge in [0.05, 0.1) is 0 Å². The Morgan fingerprint density at radius 3 is 2.80 bits per heavy atom. The van der Waals surface area contributed by atoms with Gasteiger partial charge < -0.3 is 0 Å². The van der Waals surface area contributed by atoms with Crippen LogP contribution in [-0.4, -0.2) is 45.7 Å². The predicted octanol–water partition coefficient (Wildman–Crippen LogP) is -0.357. The number of methoxy groups -OCH3 is 1. The molecule has 2 aliphatic heterocycles. The normalized spacial score (nSPS) is 52.2. The molecular weight excluding hydrogens is 199 g/mol. The first-order valence-corrected chi connectivity index (χ1v) is 5.51. The summed E-state index contributed by atoms with van der Waals surface area (Å²) in [6, 6.07) is 0. The second-order valence-electron chi connectivity index (χ2n) is 2.57. The van der Waals surface area contributed by atoms with Crippen LogP contribution in [0, 0.1) is 0 Å². The standard InChI is InChI=1S/C6H10O3Se/c1-8-6-5-4(7)3(9-6)2-10-5/h3-7H,2H2,1H3/t3-,4-,5+,6+/m1/s1. The molecule has 0 aromatic rings. The molecule has 0 aromatic heterocycles. The zero-order valence-corrected chi connectivity index (χ0v) is 7.40. The van der Waals surface area contributed by atoms with Crippen molar-refractivity contribution in [3.8, 4) is 0 Å². The van der Waals surface area contributed by atoms with Gasteiger partial charge in [0.1, 0.15) is 0 Å². The molecule has 2 rings (SSSR count). The van der Waals surface area contributed by atoms with Crippen molar-refractivity contribution in [1.29, 1.82) is 0 Å². The van der Waals surface area contributed by atoms with Gasteiger partial charge in [-0.25, -0.2) is 0 Å². The van der Waals surface area contributed by atoms with Gasteiger partial charge in [-0.2, -0.15) is 0 Å². The number of aliphatic hydroxyl groups is 1. The molecule has 0 aromatic carbocycles. The van der Waals surface area contributed by atoms with Crippen LogP contribution in [0.4, 0.5) is 0 Å². The fraction of sp³-hybridized carbons (Fsp3) is 1.00. The molecule has 2 bridgehead atoms. The van der Waals surface area contributed by atoms with Crippen LogP contribution in [0.25, 0.3) is 0 Å². The third kappa shape index (κ3) is 0.840. The maximum atomic E-state index is 9.44. The second-order valence-corrected chi connectivity index (χ2v) is 5.11. The molecule has 0 radical (unpaired) electrons. The van der Waals surface area contributed by atoms with Crippen LogP contribution < -0.4 is 0 Å². The first-order chi connectivity index (χ1) is 4.83. The van der Waals surface area contributed by atoms with Gasteiger partial charge in [0, 0.05) is 0 Å². The molecule has 0 amide bonds. The van der Waals surface area contributed by atoms with Crippen molar-refractivity contribution in [3.63, 3.8) is 0 Å². The molecule has 4 heteroatoms. The van der Waals surface area contributed by atoms with Gasteiger partial charge in [-0.15, -0.1) is 0 Å². The van der Waals surface area contributed by atoms with Crippen molar-refractivity contribution in [2.45, 2.75) is 28.6 Å². The van der Waals surface area contributed by atoms with Crippen LogP contribution in [0.5, 0.6) is 0 Å². The zero-order chi connectivity index (χ0) is 7.14. The molecule has 58 valence electrons. The fourth-order valence-electron chi connectivity index (χ4n) is 1.41. The van der Waals surface area contributed by atoms with Crippen molar-refractivity contribution in [2.24, 2.45) is 0 Å². The average Bonchev–Trinajstić information content (AvgIpc) is 2.46. The Labute approximate surface area is 65.9 Å². The summed E-state index contributed by atoms with van der Waals surface area (Å²) in [6.07, 6.45) is -0.284. The zero-order valence-electron chi connectivity index (χ0n) is 5.69. The number of fused-ring (bicyclic) bond motifs is 2. The van der Waals surface area contributed by atoms with Crippen molar-refractivity contribution in [3.05, 3.63) is 0 Å². The van der Waals surface area contributed by atoms with Crippen LogP contribution in [0.3, 0.4) is 0 Å². The van der Waals surface area contributed by atoms with E-state index in [0.717, 1.165) is 5.32 Å². The maximum absolute atomic E-state index is 9.44. The summed E-state index contributed by atoms with van der Waals surface area (Å²) in [5.74, 6) is 0. The van der Waals surface area contributed by atoms with E-state index in [1.165, 1.54) is 0 Å². The molecule has 2 fully saturated rings. The molecule has 2 aliphatic rings. The summed E-state index contributed by atoms with van der Waals surface area (Å²) in [6.45, 7) is 0. The van der Waals surface area contributed by atoms with Gasteiger partial charge in [0.2, 0.25) is 0 Å². The molecule has 10 heavy (non-hydrogen) atoms. The molecule has 0 unspecified atom stereocenters. The summed E-state index contributed by atoms with van der Waals surface area (Å²) in [5.41, 5.74) is 0. The molecule has 4 atom stereocenters. The Hall–Kier alpha value is 0.399. The number of aliphatic hydroxyl groups excluding tert-OH is 1. The third-order valence-electron chi connectivity index (χ3n) is 1.98. The van der Waals surface area contributed by atoms with Crippen LogP contribution in [0.1, 0.15) is 0 Å². The minimum absolute atomic E-state index is 0.0787. The van der Waals surface area contributed by atoms with E-state index in [1.54, 1.807) is 7.11 Å². The van der Waals surface area contributed by atoms with Crippen molar-refractivity contribution in [2.75, 3.05) is 7.11 Å². The Bertz CT molecular complexity index is 141. The summed E-state index contributed by atoms with van der Waals surface area (Å²) in [5, 5.41) is 10.5. The molecule has 2 heterocycles. The number of hydrogen-bond donors (Lipinski definition) is 1. The third-order valence-corrected chi connectivity index (χ3v) is 4.93. The van der Waals surface area contributed by atoms with Gasteiger partial charge in [0.25, 0.3) is 0 Å². The van der Waals surface area contributed by atoms with Crippen molar-refractivity contribution < 1.29 is 14.6 Å².